The Labute approximate surface area is 174 Å². The Kier molecular flexibility index (Phi) is 4.94. The molecule has 30 heavy (non-hydrogen) atoms. The van der Waals surface area contributed by atoms with E-state index in [1.807, 2.05) is 33.8 Å². The number of benzene rings is 2. The fourth-order valence-electron chi connectivity index (χ4n) is 4.10. The second-order valence-corrected chi connectivity index (χ2v) is 8.38. The average Bonchev–Trinajstić information content (AvgIpc) is 2.67. The monoisotopic (exact) mass is 406 g/mol. The molecule has 5 heteroatoms. The van der Waals surface area contributed by atoms with Crippen LogP contribution in [0.3, 0.4) is 0 Å². The van der Waals surface area contributed by atoms with Gasteiger partial charge in [-0.25, -0.2) is 0 Å². The van der Waals surface area contributed by atoms with E-state index in [0.29, 0.717) is 41.1 Å². The number of aliphatic hydroxyl groups excluding tert-OH is 1. The number of aliphatic hydroxyl groups is 1. The Morgan fingerprint density at radius 1 is 1.23 bits per heavy atom. The zero-order chi connectivity index (χ0) is 21.7. The molecule has 0 bridgehead atoms. The van der Waals surface area contributed by atoms with Gasteiger partial charge in [0, 0.05) is 11.5 Å². The van der Waals surface area contributed by atoms with Crippen LogP contribution in [-0.2, 0) is 6.42 Å². The maximum absolute atomic E-state index is 13.6. The van der Waals surface area contributed by atoms with Crippen LogP contribution in [0.5, 0.6) is 11.5 Å². The molecule has 0 saturated heterocycles. The predicted molar refractivity (Wildman–Crippen MR) is 118 cm³/mol. The highest BCUT2D eigenvalue weighted by Crippen LogP contribution is 2.44. The third-order valence-corrected chi connectivity index (χ3v) is 5.81. The van der Waals surface area contributed by atoms with E-state index in [2.05, 4.69) is 6.58 Å². The Bertz CT molecular complexity index is 1270. The molecule has 0 amide bonds. The molecule has 2 N–H and O–H groups in total. The molecule has 0 unspecified atom stereocenters. The van der Waals surface area contributed by atoms with E-state index in [0.717, 1.165) is 16.7 Å². The zero-order valence-corrected chi connectivity index (χ0v) is 17.7. The summed E-state index contributed by atoms with van der Waals surface area (Å²) in [6.07, 6.45) is 1.56. The van der Waals surface area contributed by atoms with Crippen molar-refractivity contribution in [2.75, 3.05) is 6.61 Å². The van der Waals surface area contributed by atoms with Crippen molar-refractivity contribution in [2.24, 2.45) is 5.92 Å². The number of phenolic OH excluding ortho intramolecular Hbond substituents is 1. The van der Waals surface area contributed by atoms with Crippen LogP contribution in [0, 0.1) is 12.8 Å². The van der Waals surface area contributed by atoms with E-state index < -0.39 is 6.10 Å². The van der Waals surface area contributed by atoms with Gasteiger partial charge in [-0.2, -0.15) is 0 Å². The number of phenols is 1. The van der Waals surface area contributed by atoms with Crippen LogP contribution in [0.2, 0.25) is 0 Å². The molecular weight excluding hydrogens is 380 g/mol. The number of aromatic hydroxyl groups is 1. The van der Waals surface area contributed by atoms with Crippen LogP contribution < -0.4 is 10.2 Å². The minimum absolute atomic E-state index is 0.0855. The summed E-state index contributed by atoms with van der Waals surface area (Å²) in [6, 6.07) is 5.23. The Balaban J connectivity index is 2.07. The molecule has 2 heterocycles. The molecule has 5 nitrogen and oxygen atoms in total. The maximum atomic E-state index is 13.6. The summed E-state index contributed by atoms with van der Waals surface area (Å²) >= 11 is 0. The molecular formula is C25H26O5. The van der Waals surface area contributed by atoms with Crippen molar-refractivity contribution in [1.29, 1.82) is 0 Å². The first-order valence-electron chi connectivity index (χ1n) is 10.0. The number of hydrogen-bond donors (Lipinski definition) is 2. The van der Waals surface area contributed by atoms with Gasteiger partial charge in [-0.15, -0.1) is 0 Å². The van der Waals surface area contributed by atoms with Gasteiger partial charge in [-0.05, 0) is 57.4 Å². The van der Waals surface area contributed by atoms with Gasteiger partial charge in [-0.3, -0.25) is 4.79 Å². The number of aryl methyl sites for hydroxylation is 1. The maximum Gasteiger partial charge on any atom is 0.204 e. The van der Waals surface area contributed by atoms with Crippen LogP contribution in [0.25, 0.3) is 21.9 Å². The van der Waals surface area contributed by atoms with E-state index >= 15 is 0 Å². The molecule has 3 aromatic rings. The smallest absolute Gasteiger partial charge is 0.204 e. The number of fused-ring (bicyclic) bond motifs is 4. The minimum atomic E-state index is -0.940. The SMILES string of the molecule is C=C(C)[C@@H]1COc2c(C)cc3oc4ccc(CC=C(C)C)c(O)c4c(=O)c3c2[C@@H]1O. The summed E-state index contributed by atoms with van der Waals surface area (Å²) < 4.78 is 11.9. The molecule has 0 radical (unpaired) electrons. The lowest BCUT2D eigenvalue weighted by Gasteiger charge is -2.32. The Morgan fingerprint density at radius 2 is 1.97 bits per heavy atom. The Morgan fingerprint density at radius 3 is 2.63 bits per heavy atom. The van der Waals surface area contributed by atoms with E-state index in [1.54, 1.807) is 18.2 Å². The van der Waals surface area contributed by atoms with Crippen LogP contribution in [0.4, 0.5) is 0 Å². The fourth-order valence-corrected chi connectivity index (χ4v) is 4.10. The molecule has 0 aliphatic carbocycles. The molecule has 0 spiro atoms. The van der Waals surface area contributed by atoms with Crippen LogP contribution in [-0.4, -0.2) is 16.8 Å². The van der Waals surface area contributed by atoms with Gasteiger partial charge in [0.05, 0.1) is 18.1 Å². The molecule has 0 saturated carbocycles. The van der Waals surface area contributed by atoms with Gasteiger partial charge in [-0.1, -0.05) is 29.9 Å². The topological polar surface area (TPSA) is 79.9 Å². The van der Waals surface area contributed by atoms with Gasteiger partial charge >= 0.3 is 0 Å². The van der Waals surface area contributed by atoms with Gasteiger partial charge in [0.25, 0.3) is 0 Å². The highest BCUT2D eigenvalue weighted by atomic mass is 16.5. The second kappa shape index (κ2) is 7.33. The van der Waals surface area contributed by atoms with Crippen molar-refractivity contribution in [1.82, 2.24) is 0 Å². The summed E-state index contributed by atoms with van der Waals surface area (Å²) in [5, 5.41) is 22.3. The summed E-state index contributed by atoms with van der Waals surface area (Å²) in [5.41, 5.74) is 4.04. The number of ether oxygens (including phenoxy) is 1. The predicted octanol–water partition coefficient (Wildman–Crippen LogP) is 5.09. The van der Waals surface area contributed by atoms with Crippen molar-refractivity contribution in [2.45, 2.75) is 40.2 Å². The third kappa shape index (κ3) is 3.10. The molecule has 2 atom stereocenters. The van der Waals surface area contributed by atoms with Crippen molar-refractivity contribution in [3.8, 4) is 11.5 Å². The first-order valence-corrected chi connectivity index (χ1v) is 10.0. The largest absolute Gasteiger partial charge is 0.507 e. The summed E-state index contributed by atoms with van der Waals surface area (Å²) in [6.45, 7) is 11.9. The molecule has 1 aliphatic heterocycles. The first-order chi connectivity index (χ1) is 14.2. The van der Waals surface area contributed by atoms with Crippen molar-refractivity contribution in [3.05, 3.63) is 68.9 Å². The van der Waals surface area contributed by atoms with E-state index in [4.69, 9.17) is 9.15 Å². The molecule has 2 aromatic carbocycles. The summed E-state index contributed by atoms with van der Waals surface area (Å²) in [7, 11) is 0. The van der Waals surface area contributed by atoms with Crippen LogP contribution in [0.15, 0.2) is 51.2 Å². The third-order valence-electron chi connectivity index (χ3n) is 5.81. The van der Waals surface area contributed by atoms with Crippen molar-refractivity contribution < 1.29 is 19.4 Å². The summed E-state index contributed by atoms with van der Waals surface area (Å²) in [5.74, 6) is 0.0900. The van der Waals surface area contributed by atoms with Crippen molar-refractivity contribution in [3.63, 3.8) is 0 Å². The van der Waals surface area contributed by atoms with E-state index in [-0.39, 0.29) is 27.9 Å². The lowest BCUT2D eigenvalue weighted by atomic mass is 9.85. The lowest BCUT2D eigenvalue weighted by Crippen LogP contribution is -2.28. The van der Waals surface area contributed by atoms with E-state index in [9.17, 15) is 15.0 Å². The lowest BCUT2D eigenvalue weighted by molar-refractivity contribution is 0.0701. The van der Waals surface area contributed by atoms with Gasteiger partial charge in [0.2, 0.25) is 5.43 Å². The van der Waals surface area contributed by atoms with Crippen molar-refractivity contribution >= 4 is 21.9 Å². The van der Waals surface area contributed by atoms with Crippen LogP contribution >= 0.6 is 0 Å². The fraction of sp³-hybridized carbons (Fsp3) is 0.320. The quantitative estimate of drug-likeness (QED) is 0.468. The van der Waals surface area contributed by atoms with Gasteiger partial charge in [0.15, 0.2) is 0 Å². The summed E-state index contributed by atoms with van der Waals surface area (Å²) in [4.78, 5) is 13.6. The van der Waals surface area contributed by atoms with Gasteiger partial charge in [0.1, 0.15) is 28.1 Å². The van der Waals surface area contributed by atoms with Crippen LogP contribution in [0.1, 0.15) is 43.6 Å². The molecule has 0 fully saturated rings. The molecule has 1 aliphatic rings. The number of rotatable bonds is 3. The van der Waals surface area contributed by atoms with E-state index in [1.165, 1.54) is 0 Å². The minimum Gasteiger partial charge on any atom is -0.507 e. The Hall–Kier alpha value is -3.05. The highest BCUT2D eigenvalue weighted by molar-refractivity contribution is 5.96. The highest BCUT2D eigenvalue weighted by Gasteiger charge is 2.34. The molecule has 4 rings (SSSR count). The normalized spacial score (nSPS) is 18.2. The first kappa shape index (κ1) is 20.2. The van der Waals surface area contributed by atoms with Gasteiger partial charge < -0.3 is 19.4 Å². The number of allylic oxidation sites excluding steroid dienone is 2. The second-order valence-electron chi connectivity index (χ2n) is 8.38. The number of hydrogen-bond acceptors (Lipinski definition) is 5. The average molecular weight is 406 g/mol. The zero-order valence-electron chi connectivity index (χ0n) is 17.7. The molecule has 1 aromatic heterocycles. The molecule has 156 valence electrons. The standard InChI is InChI=1S/C25H26O5/c1-12(2)6-7-15-8-9-17-20(22(15)26)24(28)19-18(30-17)10-14(5)25-21(19)23(27)16(11-29-25)13(3)4/h6,8-10,16,23,26-27H,3,7,11H2,1-2,4-5H3/t16-,23+/m0/s1.